The SMILES string of the molecule is C=C1ON2CCc3cc(OC)ccc3C2C1C#N. The predicted octanol–water partition coefficient (Wildman–Crippen LogP) is 2.19. The van der Waals surface area contributed by atoms with E-state index in [4.69, 9.17) is 9.57 Å². The van der Waals surface area contributed by atoms with Gasteiger partial charge in [-0.3, -0.25) is 0 Å². The van der Waals surface area contributed by atoms with E-state index in [1.807, 2.05) is 23.3 Å². The molecule has 0 aliphatic carbocycles. The van der Waals surface area contributed by atoms with Gasteiger partial charge in [0, 0.05) is 6.54 Å². The lowest BCUT2D eigenvalue weighted by Crippen LogP contribution is -2.31. The largest absolute Gasteiger partial charge is 0.497 e. The van der Waals surface area contributed by atoms with Crippen LogP contribution in [0.15, 0.2) is 30.5 Å². The summed E-state index contributed by atoms with van der Waals surface area (Å²) in [5, 5.41) is 11.1. The molecule has 2 aliphatic rings. The number of rotatable bonds is 1. The van der Waals surface area contributed by atoms with Gasteiger partial charge in [0.05, 0.1) is 19.2 Å². The highest BCUT2D eigenvalue weighted by Gasteiger charge is 2.43. The molecule has 2 atom stereocenters. The summed E-state index contributed by atoms with van der Waals surface area (Å²) in [4.78, 5) is 5.57. The zero-order valence-electron chi connectivity index (χ0n) is 10.2. The van der Waals surface area contributed by atoms with E-state index in [9.17, 15) is 5.26 Å². The number of hydrogen-bond donors (Lipinski definition) is 0. The Labute approximate surface area is 106 Å². The van der Waals surface area contributed by atoms with Gasteiger partial charge in [-0.1, -0.05) is 12.6 Å². The number of hydroxylamine groups is 2. The minimum atomic E-state index is -0.294. The number of nitriles is 1. The Kier molecular flexibility index (Phi) is 2.49. The van der Waals surface area contributed by atoms with Gasteiger partial charge in [-0.25, -0.2) is 0 Å². The molecule has 0 aromatic heterocycles. The fourth-order valence-corrected chi connectivity index (χ4v) is 2.71. The summed E-state index contributed by atoms with van der Waals surface area (Å²) in [6.45, 7) is 4.61. The molecule has 4 heteroatoms. The van der Waals surface area contributed by atoms with Crippen LogP contribution in [0.1, 0.15) is 17.2 Å². The summed E-state index contributed by atoms with van der Waals surface area (Å²) in [6.07, 6.45) is 0.897. The van der Waals surface area contributed by atoms with Crippen LogP contribution in [0.5, 0.6) is 5.75 Å². The van der Waals surface area contributed by atoms with Crippen molar-refractivity contribution in [3.63, 3.8) is 0 Å². The first-order chi connectivity index (χ1) is 8.74. The first-order valence-corrected chi connectivity index (χ1v) is 5.94. The monoisotopic (exact) mass is 242 g/mol. The van der Waals surface area contributed by atoms with Crippen molar-refractivity contribution < 1.29 is 9.57 Å². The summed E-state index contributed by atoms with van der Waals surface area (Å²) in [5.74, 6) is 1.11. The van der Waals surface area contributed by atoms with E-state index in [0.29, 0.717) is 5.76 Å². The van der Waals surface area contributed by atoms with Crippen LogP contribution >= 0.6 is 0 Å². The zero-order chi connectivity index (χ0) is 12.7. The molecule has 1 fully saturated rings. The Morgan fingerprint density at radius 2 is 2.39 bits per heavy atom. The maximum absolute atomic E-state index is 9.26. The molecule has 2 unspecified atom stereocenters. The second-order valence-corrected chi connectivity index (χ2v) is 4.56. The van der Waals surface area contributed by atoms with Crippen molar-refractivity contribution in [1.82, 2.24) is 5.06 Å². The van der Waals surface area contributed by atoms with Crippen LogP contribution in [0.25, 0.3) is 0 Å². The lowest BCUT2D eigenvalue weighted by molar-refractivity contribution is -0.111. The zero-order valence-corrected chi connectivity index (χ0v) is 10.2. The van der Waals surface area contributed by atoms with E-state index in [2.05, 4.69) is 12.6 Å². The Balaban J connectivity index is 2.06. The number of benzene rings is 1. The molecule has 18 heavy (non-hydrogen) atoms. The molecule has 3 rings (SSSR count). The minimum absolute atomic E-state index is 0.0304. The highest BCUT2D eigenvalue weighted by molar-refractivity contribution is 5.41. The van der Waals surface area contributed by atoms with Crippen molar-refractivity contribution in [2.75, 3.05) is 13.7 Å². The third kappa shape index (κ3) is 1.48. The predicted molar refractivity (Wildman–Crippen MR) is 65.5 cm³/mol. The molecular formula is C14H14N2O2. The van der Waals surface area contributed by atoms with Gasteiger partial charge in [-0.2, -0.15) is 5.26 Å². The van der Waals surface area contributed by atoms with Crippen molar-refractivity contribution in [3.05, 3.63) is 41.7 Å². The third-order valence-electron chi connectivity index (χ3n) is 3.62. The fourth-order valence-electron chi connectivity index (χ4n) is 2.71. The highest BCUT2D eigenvalue weighted by atomic mass is 16.7. The topological polar surface area (TPSA) is 45.5 Å². The number of nitrogens with zero attached hydrogens (tertiary/aromatic N) is 2. The number of hydrogen-bond acceptors (Lipinski definition) is 4. The van der Waals surface area contributed by atoms with Gasteiger partial charge < -0.3 is 9.57 Å². The van der Waals surface area contributed by atoms with Gasteiger partial charge in [0.2, 0.25) is 0 Å². The van der Waals surface area contributed by atoms with Gasteiger partial charge in [0.1, 0.15) is 17.4 Å². The highest BCUT2D eigenvalue weighted by Crippen LogP contribution is 2.44. The summed E-state index contributed by atoms with van der Waals surface area (Å²) >= 11 is 0. The van der Waals surface area contributed by atoms with E-state index in [0.717, 1.165) is 24.3 Å². The fraction of sp³-hybridized carbons (Fsp3) is 0.357. The molecule has 0 spiro atoms. The van der Waals surface area contributed by atoms with Gasteiger partial charge >= 0.3 is 0 Å². The Morgan fingerprint density at radius 3 is 3.11 bits per heavy atom. The number of ether oxygens (including phenoxy) is 1. The molecule has 1 aromatic carbocycles. The average Bonchev–Trinajstić information content (AvgIpc) is 2.73. The van der Waals surface area contributed by atoms with Crippen LogP contribution in [-0.4, -0.2) is 18.7 Å². The lowest BCUT2D eigenvalue weighted by Gasteiger charge is -2.30. The number of fused-ring (bicyclic) bond motifs is 3. The van der Waals surface area contributed by atoms with Gasteiger partial charge in [0.15, 0.2) is 0 Å². The van der Waals surface area contributed by atoms with Crippen molar-refractivity contribution >= 4 is 0 Å². The molecule has 1 saturated heterocycles. The van der Waals surface area contributed by atoms with Crippen LogP contribution in [0, 0.1) is 17.2 Å². The molecule has 2 aliphatic heterocycles. The molecule has 0 amide bonds. The van der Waals surface area contributed by atoms with Crippen molar-refractivity contribution in [3.8, 4) is 11.8 Å². The van der Waals surface area contributed by atoms with Crippen molar-refractivity contribution in [2.45, 2.75) is 12.5 Å². The lowest BCUT2D eigenvalue weighted by atomic mass is 9.86. The minimum Gasteiger partial charge on any atom is -0.497 e. The Bertz CT molecular complexity index is 547. The van der Waals surface area contributed by atoms with Gasteiger partial charge in [-0.05, 0) is 29.7 Å². The number of methoxy groups -OCH3 is 1. The van der Waals surface area contributed by atoms with Crippen molar-refractivity contribution in [2.24, 2.45) is 5.92 Å². The molecule has 2 heterocycles. The Morgan fingerprint density at radius 1 is 1.56 bits per heavy atom. The van der Waals surface area contributed by atoms with E-state index >= 15 is 0 Å². The standard InChI is InChI=1S/C14H14N2O2/c1-9-13(8-15)14-12-4-3-11(17-2)7-10(12)5-6-16(14)18-9/h3-4,7,13-14H,1,5-6H2,2H3. The summed E-state index contributed by atoms with van der Waals surface area (Å²) in [7, 11) is 1.66. The van der Waals surface area contributed by atoms with Gasteiger partial charge in [0.25, 0.3) is 0 Å². The molecule has 4 nitrogen and oxygen atoms in total. The van der Waals surface area contributed by atoms with E-state index in [1.165, 1.54) is 5.56 Å². The molecule has 0 saturated carbocycles. The second kappa shape index (κ2) is 4.04. The summed E-state index contributed by atoms with van der Waals surface area (Å²) in [6, 6.07) is 8.25. The second-order valence-electron chi connectivity index (χ2n) is 4.56. The van der Waals surface area contributed by atoms with Crippen LogP contribution in [0.3, 0.4) is 0 Å². The van der Waals surface area contributed by atoms with Gasteiger partial charge in [-0.15, -0.1) is 5.06 Å². The molecule has 0 radical (unpaired) electrons. The summed E-state index contributed by atoms with van der Waals surface area (Å²) < 4.78 is 5.24. The Hall–Kier alpha value is -1.99. The van der Waals surface area contributed by atoms with E-state index < -0.39 is 0 Å². The van der Waals surface area contributed by atoms with Crippen LogP contribution < -0.4 is 4.74 Å². The van der Waals surface area contributed by atoms with E-state index in [-0.39, 0.29) is 12.0 Å². The molecule has 1 aromatic rings. The molecule has 0 bridgehead atoms. The maximum Gasteiger partial charge on any atom is 0.136 e. The van der Waals surface area contributed by atoms with E-state index in [1.54, 1.807) is 7.11 Å². The maximum atomic E-state index is 9.26. The molecule has 0 N–H and O–H groups in total. The average molecular weight is 242 g/mol. The first-order valence-electron chi connectivity index (χ1n) is 5.94. The third-order valence-corrected chi connectivity index (χ3v) is 3.62. The van der Waals surface area contributed by atoms with Crippen LogP contribution in [-0.2, 0) is 11.3 Å². The normalized spacial score (nSPS) is 25.9. The van der Waals surface area contributed by atoms with Crippen LogP contribution in [0.2, 0.25) is 0 Å². The molecular weight excluding hydrogens is 228 g/mol. The van der Waals surface area contributed by atoms with Crippen LogP contribution in [0.4, 0.5) is 0 Å². The quantitative estimate of drug-likeness (QED) is 0.757. The molecule has 92 valence electrons. The summed E-state index contributed by atoms with van der Waals surface area (Å²) in [5.41, 5.74) is 2.38. The smallest absolute Gasteiger partial charge is 0.136 e. The van der Waals surface area contributed by atoms with Crippen molar-refractivity contribution in [1.29, 1.82) is 5.26 Å². The first kappa shape index (κ1) is 11.1.